The standard InChI is InChI=1S/C18H18N4OS/c1-12-7-8-17(24-12)14-11-15(21-20-14)18(23)22-10-4-6-16(22)13-5-2-3-9-19-13/h2-3,5,7-9,11,16H,4,6,10H2,1H3,(H,20,21)/t16-/m1/s1. The van der Waals surface area contributed by atoms with Gasteiger partial charge in [0.05, 0.1) is 22.3 Å². The van der Waals surface area contributed by atoms with Gasteiger partial charge in [-0.2, -0.15) is 5.10 Å². The Bertz CT molecular complexity index is 855. The number of H-pyrrole nitrogens is 1. The van der Waals surface area contributed by atoms with E-state index in [4.69, 9.17) is 0 Å². The van der Waals surface area contributed by atoms with E-state index >= 15 is 0 Å². The molecule has 1 saturated heterocycles. The smallest absolute Gasteiger partial charge is 0.274 e. The summed E-state index contributed by atoms with van der Waals surface area (Å²) in [4.78, 5) is 21.5. The summed E-state index contributed by atoms with van der Waals surface area (Å²) in [5.74, 6) is -0.0288. The summed E-state index contributed by atoms with van der Waals surface area (Å²) in [6.45, 7) is 2.82. The first-order valence-electron chi connectivity index (χ1n) is 8.06. The molecular weight excluding hydrogens is 320 g/mol. The molecular formula is C18H18N4OS. The molecule has 4 heterocycles. The average Bonchev–Trinajstić information content (AvgIpc) is 3.35. The highest BCUT2D eigenvalue weighted by atomic mass is 32.1. The number of nitrogens with one attached hydrogen (secondary N) is 1. The van der Waals surface area contributed by atoms with Crippen LogP contribution in [-0.2, 0) is 0 Å². The molecule has 1 amide bonds. The third kappa shape index (κ3) is 2.73. The average molecular weight is 338 g/mol. The molecule has 1 aliphatic heterocycles. The number of pyridine rings is 1. The van der Waals surface area contributed by atoms with Crippen LogP contribution in [0.2, 0.25) is 0 Å². The Morgan fingerprint density at radius 2 is 2.25 bits per heavy atom. The van der Waals surface area contributed by atoms with Crippen molar-refractivity contribution in [2.24, 2.45) is 0 Å². The SMILES string of the molecule is Cc1ccc(-c2cc(C(=O)N3CCC[C@@H]3c3ccccn3)n[nH]2)s1. The zero-order valence-corrected chi connectivity index (χ0v) is 14.2. The van der Waals surface area contributed by atoms with E-state index in [9.17, 15) is 4.79 Å². The van der Waals surface area contributed by atoms with E-state index in [0.717, 1.165) is 35.7 Å². The molecule has 4 rings (SSSR count). The molecule has 1 aliphatic rings. The summed E-state index contributed by atoms with van der Waals surface area (Å²) in [7, 11) is 0. The van der Waals surface area contributed by atoms with E-state index in [-0.39, 0.29) is 11.9 Å². The Labute approximate surface area is 144 Å². The van der Waals surface area contributed by atoms with Gasteiger partial charge >= 0.3 is 0 Å². The summed E-state index contributed by atoms with van der Waals surface area (Å²) in [6.07, 6.45) is 3.72. The normalized spacial score (nSPS) is 17.4. The number of hydrogen-bond acceptors (Lipinski definition) is 4. The zero-order valence-electron chi connectivity index (χ0n) is 13.4. The highest BCUT2D eigenvalue weighted by Gasteiger charge is 2.32. The first-order valence-corrected chi connectivity index (χ1v) is 8.88. The van der Waals surface area contributed by atoms with E-state index in [0.29, 0.717) is 5.69 Å². The Kier molecular flexibility index (Phi) is 3.90. The number of carbonyl (C=O) groups is 1. The molecule has 1 N–H and O–H groups in total. The summed E-state index contributed by atoms with van der Waals surface area (Å²) >= 11 is 1.69. The fraction of sp³-hybridized carbons (Fsp3) is 0.278. The number of amides is 1. The fourth-order valence-corrected chi connectivity index (χ4v) is 4.01. The van der Waals surface area contributed by atoms with Crippen LogP contribution < -0.4 is 0 Å². The molecule has 0 aliphatic carbocycles. The molecule has 0 aromatic carbocycles. The molecule has 5 nitrogen and oxygen atoms in total. The van der Waals surface area contributed by atoms with Crippen LogP contribution in [0.3, 0.4) is 0 Å². The highest BCUT2D eigenvalue weighted by molar-refractivity contribution is 7.15. The minimum Gasteiger partial charge on any atom is -0.329 e. The van der Waals surface area contributed by atoms with Gasteiger partial charge in [0.1, 0.15) is 0 Å². The predicted octanol–water partition coefficient (Wildman–Crippen LogP) is 3.82. The van der Waals surface area contributed by atoms with Gasteiger partial charge in [0.2, 0.25) is 0 Å². The van der Waals surface area contributed by atoms with Crippen LogP contribution in [0.15, 0.2) is 42.6 Å². The molecule has 0 bridgehead atoms. The van der Waals surface area contributed by atoms with Crippen LogP contribution in [0, 0.1) is 6.92 Å². The number of nitrogens with zero attached hydrogens (tertiary/aromatic N) is 3. The first kappa shape index (κ1) is 15.1. The Balaban J connectivity index is 1.58. The van der Waals surface area contributed by atoms with Crippen LogP contribution in [-0.4, -0.2) is 32.5 Å². The number of aromatic nitrogens is 3. The Hall–Kier alpha value is -2.47. The largest absolute Gasteiger partial charge is 0.329 e. The van der Waals surface area contributed by atoms with Crippen molar-refractivity contribution in [3.63, 3.8) is 0 Å². The molecule has 3 aromatic heterocycles. The number of likely N-dealkylation sites (tertiary alicyclic amines) is 1. The lowest BCUT2D eigenvalue weighted by Gasteiger charge is -2.23. The number of thiophene rings is 1. The van der Waals surface area contributed by atoms with E-state index in [1.807, 2.05) is 35.2 Å². The maximum absolute atomic E-state index is 12.9. The van der Waals surface area contributed by atoms with Crippen molar-refractivity contribution >= 4 is 17.2 Å². The lowest BCUT2D eigenvalue weighted by atomic mass is 10.1. The molecule has 3 aromatic rings. The Morgan fingerprint density at radius 3 is 3.00 bits per heavy atom. The van der Waals surface area contributed by atoms with Crippen molar-refractivity contribution in [1.29, 1.82) is 0 Å². The van der Waals surface area contributed by atoms with Gasteiger partial charge in [-0.05, 0) is 50.1 Å². The molecule has 0 unspecified atom stereocenters. The van der Waals surface area contributed by atoms with Crippen molar-refractivity contribution in [2.45, 2.75) is 25.8 Å². The molecule has 122 valence electrons. The van der Waals surface area contributed by atoms with Crippen molar-refractivity contribution in [3.05, 3.63) is 58.9 Å². The molecule has 0 spiro atoms. The molecule has 24 heavy (non-hydrogen) atoms. The topological polar surface area (TPSA) is 61.9 Å². The van der Waals surface area contributed by atoms with Crippen molar-refractivity contribution in [2.75, 3.05) is 6.54 Å². The second-order valence-electron chi connectivity index (χ2n) is 5.99. The van der Waals surface area contributed by atoms with Gasteiger partial charge in [0.25, 0.3) is 5.91 Å². The van der Waals surface area contributed by atoms with E-state index < -0.39 is 0 Å². The van der Waals surface area contributed by atoms with E-state index in [1.165, 1.54) is 4.88 Å². The summed E-state index contributed by atoms with van der Waals surface area (Å²) < 4.78 is 0. The van der Waals surface area contributed by atoms with Crippen LogP contribution in [0.5, 0.6) is 0 Å². The quantitative estimate of drug-likeness (QED) is 0.790. The number of aryl methyl sites for hydroxylation is 1. The minimum absolute atomic E-state index is 0.0288. The maximum atomic E-state index is 12.9. The Morgan fingerprint density at radius 1 is 1.33 bits per heavy atom. The van der Waals surface area contributed by atoms with E-state index in [1.54, 1.807) is 17.5 Å². The summed E-state index contributed by atoms with van der Waals surface area (Å²) in [6, 6.07) is 11.9. The van der Waals surface area contributed by atoms with Gasteiger partial charge in [-0.3, -0.25) is 14.9 Å². The third-order valence-electron chi connectivity index (χ3n) is 4.35. The van der Waals surface area contributed by atoms with Crippen LogP contribution in [0.1, 0.15) is 39.9 Å². The third-order valence-corrected chi connectivity index (χ3v) is 5.38. The lowest BCUT2D eigenvalue weighted by molar-refractivity contribution is 0.0727. The predicted molar refractivity (Wildman–Crippen MR) is 93.9 cm³/mol. The minimum atomic E-state index is -0.0288. The second kappa shape index (κ2) is 6.20. The molecule has 6 heteroatoms. The van der Waals surface area contributed by atoms with Crippen molar-refractivity contribution in [1.82, 2.24) is 20.1 Å². The van der Waals surface area contributed by atoms with Gasteiger partial charge in [-0.25, -0.2) is 0 Å². The summed E-state index contributed by atoms with van der Waals surface area (Å²) in [5.41, 5.74) is 2.32. The monoisotopic (exact) mass is 338 g/mol. The molecule has 0 saturated carbocycles. The second-order valence-corrected chi connectivity index (χ2v) is 7.28. The van der Waals surface area contributed by atoms with Gasteiger partial charge in [-0.15, -0.1) is 11.3 Å². The van der Waals surface area contributed by atoms with Gasteiger partial charge in [-0.1, -0.05) is 6.07 Å². The van der Waals surface area contributed by atoms with Crippen LogP contribution >= 0.6 is 11.3 Å². The molecule has 1 fully saturated rings. The molecule has 1 atom stereocenters. The fourth-order valence-electron chi connectivity index (χ4n) is 3.17. The van der Waals surface area contributed by atoms with Crippen molar-refractivity contribution < 1.29 is 4.79 Å². The van der Waals surface area contributed by atoms with Crippen LogP contribution in [0.25, 0.3) is 10.6 Å². The number of carbonyl (C=O) groups excluding carboxylic acids is 1. The maximum Gasteiger partial charge on any atom is 0.274 e. The zero-order chi connectivity index (χ0) is 16.5. The van der Waals surface area contributed by atoms with Crippen LogP contribution in [0.4, 0.5) is 0 Å². The molecule has 0 radical (unpaired) electrons. The van der Waals surface area contributed by atoms with Gasteiger partial charge in [0, 0.05) is 17.6 Å². The number of rotatable bonds is 3. The van der Waals surface area contributed by atoms with Gasteiger partial charge in [0.15, 0.2) is 5.69 Å². The lowest BCUT2D eigenvalue weighted by Crippen LogP contribution is -2.31. The first-order chi connectivity index (χ1) is 11.7. The van der Waals surface area contributed by atoms with Gasteiger partial charge < -0.3 is 4.90 Å². The summed E-state index contributed by atoms with van der Waals surface area (Å²) in [5, 5.41) is 7.24. The van der Waals surface area contributed by atoms with Crippen molar-refractivity contribution in [3.8, 4) is 10.6 Å². The number of aromatic amines is 1. The van der Waals surface area contributed by atoms with E-state index in [2.05, 4.69) is 28.2 Å². The highest BCUT2D eigenvalue weighted by Crippen LogP contribution is 2.32. The number of hydrogen-bond donors (Lipinski definition) is 1.